The molecule has 0 radical (unpaired) electrons. The molecule has 1 atom stereocenters. The van der Waals surface area contributed by atoms with Crippen molar-refractivity contribution in [2.75, 3.05) is 13.1 Å². The summed E-state index contributed by atoms with van der Waals surface area (Å²) >= 11 is 1.43. The number of piperidine rings is 1. The number of Topliss-reactive ketones (excluding diaryl/α,β-unsaturated/α-hetero) is 1. The van der Waals surface area contributed by atoms with E-state index in [2.05, 4.69) is 4.98 Å². The number of aryl methyl sites for hydroxylation is 2. The van der Waals surface area contributed by atoms with Gasteiger partial charge in [0.05, 0.1) is 10.7 Å². The van der Waals surface area contributed by atoms with Gasteiger partial charge in [-0.3, -0.25) is 9.59 Å². The van der Waals surface area contributed by atoms with Crippen LogP contribution in [0.5, 0.6) is 0 Å². The van der Waals surface area contributed by atoms with Crippen molar-refractivity contribution in [3.05, 3.63) is 15.6 Å². The van der Waals surface area contributed by atoms with Crippen LogP contribution >= 0.6 is 11.3 Å². The molecule has 0 saturated carbocycles. The minimum atomic E-state index is -0.0398. The van der Waals surface area contributed by atoms with Crippen molar-refractivity contribution in [3.8, 4) is 0 Å². The van der Waals surface area contributed by atoms with Crippen LogP contribution in [0.4, 0.5) is 0 Å². The van der Waals surface area contributed by atoms with E-state index >= 15 is 0 Å². The molecular formula is C12H16N2O2S. The number of likely N-dealkylation sites (tertiary alicyclic amines) is 1. The molecule has 92 valence electrons. The molecule has 5 heteroatoms. The zero-order chi connectivity index (χ0) is 12.6. The second-order valence-electron chi connectivity index (χ2n) is 4.52. The van der Waals surface area contributed by atoms with Crippen LogP contribution in [0.2, 0.25) is 0 Å². The highest BCUT2D eigenvalue weighted by Crippen LogP contribution is 2.22. The predicted octanol–water partition coefficient (Wildman–Crippen LogP) is 1.81. The van der Waals surface area contributed by atoms with Crippen LogP contribution in [0.1, 0.15) is 33.7 Å². The van der Waals surface area contributed by atoms with E-state index in [1.54, 1.807) is 4.90 Å². The van der Waals surface area contributed by atoms with Crippen LogP contribution in [0, 0.1) is 19.8 Å². The fourth-order valence-electron chi connectivity index (χ4n) is 2.07. The van der Waals surface area contributed by atoms with E-state index in [0.717, 1.165) is 10.7 Å². The van der Waals surface area contributed by atoms with Crippen LogP contribution in [-0.4, -0.2) is 34.7 Å². The number of hydrogen-bond acceptors (Lipinski definition) is 4. The first-order valence-corrected chi connectivity index (χ1v) is 6.56. The topological polar surface area (TPSA) is 50.3 Å². The Morgan fingerprint density at radius 1 is 1.47 bits per heavy atom. The summed E-state index contributed by atoms with van der Waals surface area (Å²) in [4.78, 5) is 30.4. The number of carbonyl (C=O) groups excluding carboxylic acids is 2. The first-order valence-electron chi connectivity index (χ1n) is 5.75. The highest BCUT2D eigenvalue weighted by atomic mass is 32.1. The summed E-state index contributed by atoms with van der Waals surface area (Å²) in [7, 11) is 0. The Morgan fingerprint density at radius 2 is 2.18 bits per heavy atom. The first kappa shape index (κ1) is 12.2. The van der Waals surface area contributed by atoms with Gasteiger partial charge in [0, 0.05) is 25.4 Å². The highest BCUT2D eigenvalue weighted by Gasteiger charge is 2.28. The third-order valence-electron chi connectivity index (χ3n) is 3.06. The summed E-state index contributed by atoms with van der Waals surface area (Å²) in [5.74, 6) is 0.237. The Kier molecular flexibility index (Phi) is 3.28. The Hall–Kier alpha value is -1.23. The molecule has 0 aliphatic carbocycles. The third-order valence-corrected chi connectivity index (χ3v) is 4.12. The third kappa shape index (κ3) is 2.39. The summed E-state index contributed by atoms with van der Waals surface area (Å²) < 4.78 is 0. The van der Waals surface area contributed by atoms with Crippen LogP contribution in [0.15, 0.2) is 0 Å². The van der Waals surface area contributed by atoms with Gasteiger partial charge in [-0.05, 0) is 13.8 Å². The standard InChI is InChI=1S/C12H16N2O2S/c1-7-6-14(5-4-10(7)15)12(16)11-8(2)13-9(3)17-11/h7H,4-6H2,1-3H3. The molecular weight excluding hydrogens is 236 g/mol. The highest BCUT2D eigenvalue weighted by molar-refractivity contribution is 7.13. The van der Waals surface area contributed by atoms with E-state index in [4.69, 9.17) is 0 Å². The van der Waals surface area contributed by atoms with E-state index in [9.17, 15) is 9.59 Å². The average molecular weight is 252 g/mol. The van der Waals surface area contributed by atoms with Crippen LogP contribution in [0.25, 0.3) is 0 Å². The van der Waals surface area contributed by atoms with Gasteiger partial charge in [-0.2, -0.15) is 0 Å². The molecule has 1 aliphatic rings. The van der Waals surface area contributed by atoms with Gasteiger partial charge in [-0.15, -0.1) is 11.3 Å². The summed E-state index contributed by atoms with van der Waals surface area (Å²) in [6, 6.07) is 0. The van der Waals surface area contributed by atoms with Crippen molar-refractivity contribution >= 4 is 23.0 Å². The molecule has 0 N–H and O–H groups in total. The molecule has 1 aromatic heterocycles. The molecule has 2 heterocycles. The number of carbonyl (C=O) groups is 2. The van der Waals surface area contributed by atoms with Crippen molar-refractivity contribution < 1.29 is 9.59 Å². The molecule has 0 bridgehead atoms. The summed E-state index contributed by atoms with van der Waals surface area (Å²) in [5, 5.41) is 0.909. The molecule has 1 unspecified atom stereocenters. The number of hydrogen-bond donors (Lipinski definition) is 0. The number of ketones is 1. The van der Waals surface area contributed by atoms with E-state index in [1.165, 1.54) is 11.3 Å². The Labute approximate surface area is 105 Å². The van der Waals surface area contributed by atoms with Gasteiger partial charge in [0.15, 0.2) is 0 Å². The van der Waals surface area contributed by atoms with Crippen molar-refractivity contribution in [2.24, 2.45) is 5.92 Å². The van der Waals surface area contributed by atoms with Crippen LogP contribution < -0.4 is 0 Å². The van der Waals surface area contributed by atoms with E-state index in [1.807, 2.05) is 20.8 Å². The Bertz CT molecular complexity index is 467. The number of aromatic nitrogens is 1. The SMILES string of the molecule is Cc1nc(C)c(C(=O)N2CCC(=O)C(C)C2)s1. The lowest BCUT2D eigenvalue weighted by Crippen LogP contribution is -2.43. The van der Waals surface area contributed by atoms with E-state index < -0.39 is 0 Å². The van der Waals surface area contributed by atoms with E-state index in [-0.39, 0.29) is 17.6 Å². The molecule has 1 aromatic rings. The number of thiazole rings is 1. The minimum absolute atomic E-state index is 0.0208. The summed E-state index contributed by atoms with van der Waals surface area (Å²) in [5.41, 5.74) is 0.794. The number of rotatable bonds is 1. The van der Waals surface area contributed by atoms with Crippen molar-refractivity contribution in [1.29, 1.82) is 0 Å². The van der Waals surface area contributed by atoms with Crippen molar-refractivity contribution in [1.82, 2.24) is 9.88 Å². The molecule has 1 fully saturated rings. The molecule has 1 amide bonds. The second-order valence-corrected chi connectivity index (χ2v) is 5.72. The van der Waals surface area contributed by atoms with Gasteiger partial charge in [0.25, 0.3) is 5.91 Å². The van der Waals surface area contributed by atoms with Crippen LogP contribution in [0.3, 0.4) is 0 Å². The van der Waals surface area contributed by atoms with E-state index in [0.29, 0.717) is 24.4 Å². The summed E-state index contributed by atoms with van der Waals surface area (Å²) in [6.07, 6.45) is 0.476. The predicted molar refractivity (Wildman–Crippen MR) is 66.3 cm³/mol. The van der Waals surface area contributed by atoms with Gasteiger partial charge >= 0.3 is 0 Å². The molecule has 4 nitrogen and oxygen atoms in total. The molecule has 1 aliphatic heterocycles. The minimum Gasteiger partial charge on any atom is -0.337 e. The molecule has 1 saturated heterocycles. The van der Waals surface area contributed by atoms with Gasteiger partial charge in [-0.1, -0.05) is 6.92 Å². The Balaban J connectivity index is 2.16. The van der Waals surface area contributed by atoms with Crippen LogP contribution in [-0.2, 0) is 4.79 Å². The maximum absolute atomic E-state index is 12.3. The zero-order valence-electron chi connectivity index (χ0n) is 10.3. The van der Waals surface area contributed by atoms with Crippen molar-refractivity contribution in [3.63, 3.8) is 0 Å². The maximum atomic E-state index is 12.3. The first-order chi connectivity index (χ1) is 7.99. The maximum Gasteiger partial charge on any atom is 0.265 e. The fourth-order valence-corrected chi connectivity index (χ4v) is 2.96. The largest absolute Gasteiger partial charge is 0.337 e. The Morgan fingerprint density at radius 3 is 2.71 bits per heavy atom. The summed E-state index contributed by atoms with van der Waals surface area (Å²) in [6.45, 7) is 6.71. The van der Waals surface area contributed by atoms with Gasteiger partial charge < -0.3 is 4.90 Å². The monoisotopic (exact) mass is 252 g/mol. The van der Waals surface area contributed by atoms with Crippen molar-refractivity contribution in [2.45, 2.75) is 27.2 Å². The lowest BCUT2D eigenvalue weighted by Gasteiger charge is -2.29. The lowest BCUT2D eigenvalue weighted by molar-refractivity contribution is -0.124. The smallest absolute Gasteiger partial charge is 0.265 e. The zero-order valence-corrected chi connectivity index (χ0v) is 11.1. The molecule has 17 heavy (non-hydrogen) atoms. The molecule has 0 spiro atoms. The van der Waals surface area contributed by atoms with Gasteiger partial charge in [0.2, 0.25) is 0 Å². The fraction of sp³-hybridized carbons (Fsp3) is 0.583. The molecule has 2 rings (SSSR count). The number of amides is 1. The molecule has 0 aromatic carbocycles. The lowest BCUT2D eigenvalue weighted by atomic mass is 9.98. The number of nitrogens with zero attached hydrogens (tertiary/aromatic N) is 2. The second kappa shape index (κ2) is 4.56. The van der Waals surface area contributed by atoms with Gasteiger partial charge in [-0.25, -0.2) is 4.98 Å². The van der Waals surface area contributed by atoms with Gasteiger partial charge in [0.1, 0.15) is 10.7 Å². The normalized spacial score (nSPS) is 20.8. The quantitative estimate of drug-likeness (QED) is 0.766. The average Bonchev–Trinajstić information content (AvgIpc) is 2.61.